The molecule has 2 aromatic carbocycles. The lowest BCUT2D eigenvalue weighted by atomic mass is 9.97. The molecule has 1 aliphatic heterocycles. The van der Waals surface area contributed by atoms with Gasteiger partial charge in [0.2, 0.25) is 17.6 Å². The molecular formula is C26H32N4O4. The molecule has 0 bridgehead atoms. The highest BCUT2D eigenvalue weighted by Crippen LogP contribution is 2.22. The van der Waals surface area contributed by atoms with Crippen LogP contribution in [0.25, 0.3) is 11.4 Å². The number of aryl methyl sites for hydroxylation is 1. The Balaban J connectivity index is 1.23. The number of methoxy groups -OCH3 is 2. The highest BCUT2D eigenvalue weighted by Gasteiger charge is 2.26. The summed E-state index contributed by atoms with van der Waals surface area (Å²) in [5.41, 5.74) is 2.04. The second kappa shape index (κ2) is 11.7. The maximum Gasteiger partial charge on any atom is 0.241 e. The summed E-state index contributed by atoms with van der Waals surface area (Å²) in [5, 5.41) is 7.22. The Morgan fingerprint density at radius 1 is 1.15 bits per heavy atom. The number of nitrogens with zero attached hydrogens (tertiary/aromatic N) is 3. The third-order valence-corrected chi connectivity index (χ3v) is 6.17. The number of piperidine rings is 1. The van der Waals surface area contributed by atoms with Gasteiger partial charge in [0.1, 0.15) is 11.5 Å². The van der Waals surface area contributed by atoms with Crippen LogP contribution in [0.1, 0.15) is 30.7 Å². The van der Waals surface area contributed by atoms with E-state index in [9.17, 15) is 4.79 Å². The van der Waals surface area contributed by atoms with E-state index in [-0.39, 0.29) is 11.8 Å². The molecule has 4 rings (SSSR count). The minimum atomic E-state index is -0.0241. The lowest BCUT2D eigenvalue weighted by molar-refractivity contribution is -0.126. The summed E-state index contributed by atoms with van der Waals surface area (Å²) in [4.78, 5) is 19.5. The molecule has 0 saturated carbocycles. The zero-order valence-electron chi connectivity index (χ0n) is 19.8. The van der Waals surface area contributed by atoms with Crippen molar-refractivity contribution in [2.45, 2.75) is 32.2 Å². The Kier molecular flexibility index (Phi) is 8.14. The lowest BCUT2D eigenvalue weighted by Gasteiger charge is -2.30. The molecule has 0 radical (unpaired) electrons. The molecule has 1 N–H and O–H groups in total. The topological polar surface area (TPSA) is 89.7 Å². The van der Waals surface area contributed by atoms with Crippen LogP contribution in [0.4, 0.5) is 0 Å². The summed E-state index contributed by atoms with van der Waals surface area (Å²) >= 11 is 0. The minimum Gasteiger partial charge on any atom is -0.497 e. The summed E-state index contributed by atoms with van der Waals surface area (Å²) < 4.78 is 16.1. The van der Waals surface area contributed by atoms with E-state index in [4.69, 9.17) is 14.0 Å². The minimum absolute atomic E-state index is 0.0241. The number of ether oxygens (including phenoxy) is 2. The molecule has 1 amide bonds. The van der Waals surface area contributed by atoms with Gasteiger partial charge in [0.15, 0.2) is 0 Å². The van der Waals surface area contributed by atoms with Gasteiger partial charge in [-0.05, 0) is 68.1 Å². The van der Waals surface area contributed by atoms with Crippen molar-refractivity contribution >= 4 is 5.91 Å². The number of nitrogens with one attached hydrogen (secondary N) is 1. The molecule has 0 aliphatic carbocycles. The number of hydrogen-bond acceptors (Lipinski definition) is 7. The van der Waals surface area contributed by atoms with Gasteiger partial charge >= 0.3 is 0 Å². The fourth-order valence-corrected chi connectivity index (χ4v) is 4.33. The van der Waals surface area contributed by atoms with Crippen LogP contribution in [-0.4, -0.2) is 54.8 Å². The van der Waals surface area contributed by atoms with Crippen LogP contribution in [0.3, 0.4) is 0 Å². The van der Waals surface area contributed by atoms with Crippen molar-refractivity contribution in [1.29, 1.82) is 0 Å². The Bertz CT molecular complexity index is 1070. The quantitative estimate of drug-likeness (QED) is 0.458. The highest BCUT2D eigenvalue weighted by atomic mass is 16.5. The Morgan fingerprint density at radius 3 is 2.76 bits per heavy atom. The van der Waals surface area contributed by atoms with Gasteiger partial charge in [-0.3, -0.25) is 9.69 Å². The molecule has 0 spiro atoms. The molecule has 180 valence electrons. The molecular weight excluding hydrogens is 432 g/mol. The number of para-hydroxylation sites is 1. The number of benzene rings is 2. The van der Waals surface area contributed by atoms with Crippen molar-refractivity contribution in [1.82, 2.24) is 20.4 Å². The van der Waals surface area contributed by atoms with E-state index < -0.39 is 0 Å². The molecule has 3 aromatic rings. The van der Waals surface area contributed by atoms with E-state index in [0.29, 0.717) is 31.3 Å². The highest BCUT2D eigenvalue weighted by molar-refractivity contribution is 5.78. The number of likely N-dealkylation sites (tertiary alicyclic amines) is 1. The average molecular weight is 465 g/mol. The number of aromatic nitrogens is 2. The molecule has 34 heavy (non-hydrogen) atoms. The fraction of sp³-hybridized carbons (Fsp3) is 0.423. The molecule has 1 aromatic heterocycles. The first-order valence-electron chi connectivity index (χ1n) is 11.7. The first kappa shape index (κ1) is 23.8. The van der Waals surface area contributed by atoms with Gasteiger partial charge in [-0.1, -0.05) is 23.4 Å². The molecule has 1 aliphatic rings. The number of carbonyl (C=O) groups excluding carboxylic acids is 1. The Hall–Kier alpha value is -3.39. The first-order chi connectivity index (χ1) is 16.7. The van der Waals surface area contributed by atoms with Crippen LogP contribution in [-0.2, 0) is 17.8 Å². The Labute approximate surface area is 200 Å². The molecule has 1 fully saturated rings. The van der Waals surface area contributed by atoms with Crippen molar-refractivity contribution in [3.8, 4) is 22.9 Å². The third-order valence-electron chi connectivity index (χ3n) is 6.17. The zero-order valence-corrected chi connectivity index (χ0v) is 19.8. The predicted molar refractivity (Wildman–Crippen MR) is 129 cm³/mol. The normalized spacial score (nSPS) is 16.2. The van der Waals surface area contributed by atoms with E-state index in [0.717, 1.165) is 54.9 Å². The molecule has 1 saturated heterocycles. The molecule has 8 heteroatoms. The van der Waals surface area contributed by atoms with Gasteiger partial charge in [-0.2, -0.15) is 4.98 Å². The fourth-order valence-electron chi connectivity index (χ4n) is 4.33. The largest absolute Gasteiger partial charge is 0.497 e. The Morgan fingerprint density at radius 2 is 1.97 bits per heavy atom. The summed E-state index contributed by atoms with van der Waals surface area (Å²) in [5.74, 6) is 2.89. The van der Waals surface area contributed by atoms with E-state index in [2.05, 4.69) is 26.4 Å². The maximum absolute atomic E-state index is 12.7. The number of hydrogen-bond donors (Lipinski definition) is 1. The summed E-state index contributed by atoms with van der Waals surface area (Å²) in [7, 11) is 3.32. The first-order valence-corrected chi connectivity index (χ1v) is 11.7. The van der Waals surface area contributed by atoms with Gasteiger partial charge in [-0.25, -0.2) is 0 Å². The van der Waals surface area contributed by atoms with Gasteiger partial charge < -0.3 is 19.3 Å². The van der Waals surface area contributed by atoms with Crippen molar-refractivity contribution < 1.29 is 18.8 Å². The third kappa shape index (κ3) is 6.14. The lowest BCUT2D eigenvalue weighted by Crippen LogP contribution is -2.43. The average Bonchev–Trinajstić information content (AvgIpc) is 3.35. The molecule has 1 atom stereocenters. The van der Waals surface area contributed by atoms with Gasteiger partial charge in [0.25, 0.3) is 0 Å². The molecule has 8 nitrogen and oxygen atoms in total. The summed E-state index contributed by atoms with van der Waals surface area (Å²) in [6, 6.07) is 15.6. The van der Waals surface area contributed by atoms with Gasteiger partial charge in [0, 0.05) is 18.7 Å². The van der Waals surface area contributed by atoms with Crippen LogP contribution in [0.15, 0.2) is 53.1 Å². The summed E-state index contributed by atoms with van der Waals surface area (Å²) in [6.45, 7) is 2.80. The molecule has 2 heterocycles. The standard InChI is InChI=1S/C26H32N4O4/c1-32-22-13-11-20(12-14-22)25-28-24(34-29-25)18-30-16-6-9-21(17-30)26(31)27-15-5-8-19-7-3-4-10-23(19)33-2/h3-4,7,10-14,21H,5-6,8-9,15-18H2,1-2H3,(H,27,31). The number of rotatable bonds is 10. The van der Waals surface area contributed by atoms with Crippen LogP contribution in [0.5, 0.6) is 11.5 Å². The van der Waals surface area contributed by atoms with E-state index in [1.54, 1.807) is 14.2 Å². The van der Waals surface area contributed by atoms with Crippen LogP contribution in [0.2, 0.25) is 0 Å². The van der Waals surface area contributed by atoms with Crippen LogP contribution >= 0.6 is 0 Å². The second-order valence-electron chi connectivity index (χ2n) is 8.52. The van der Waals surface area contributed by atoms with E-state index >= 15 is 0 Å². The van der Waals surface area contributed by atoms with Gasteiger partial charge in [0.05, 0.1) is 26.7 Å². The van der Waals surface area contributed by atoms with Crippen molar-refractivity contribution in [3.05, 3.63) is 60.0 Å². The predicted octanol–water partition coefficient (Wildman–Crippen LogP) is 3.71. The van der Waals surface area contributed by atoms with Crippen molar-refractivity contribution in [2.75, 3.05) is 33.9 Å². The smallest absolute Gasteiger partial charge is 0.241 e. The molecule has 1 unspecified atom stereocenters. The van der Waals surface area contributed by atoms with Crippen molar-refractivity contribution in [2.24, 2.45) is 5.92 Å². The monoisotopic (exact) mass is 464 g/mol. The van der Waals surface area contributed by atoms with Crippen LogP contribution in [0, 0.1) is 5.92 Å². The maximum atomic E-state index is 12.7. The zero-order chi connectivity index (χ0) is 23.8. The van der Waals surface area contributed by atoms with Crippen LogP contribution < -0.4 is 14.8 Å². The SMILES string of the molecule is COc1ccc(-c2noc(CN3CCCC(C(=O)NCCCc4ccccc4OC)C3)n2)cc1. The summed E-state index contributed by atoms with van der Waals surface area (Å²) in [6.07, 6.45) is 3.61. The van der Waals surface area contributed by atoms with Crippen molar-refractivity contribution in [3.63, 3.8) is 0 Å². The van der Waals surface area contributed by atoms with Gasteiger partial charge in [-0.15, -0.1) is 0 Å². The van der Waals surface area contributed by atoms with E-state index in [1.807, 2.05) is 42.5 Å². The van der Waals surface area contributed by atoms with E-state index in [1.165, 1.54) is 0 Å². The number of amides is 1. The number of carbonyl (C=O) groups is 1. The second-order valence-corrected chi connectivity index (χ2v) is 8.52.